The molecule has 7 nitrogen and oxygen atoms in total. The molecule has 1 saturated heterocycles. The molecule has 1 aromatic carbocycles. The van der Waals surface area contributed by atoms with Gasteiger partial charge < -0.3 is 23.7 Å². The van der Waals surface area contributed by atoms with Gasteiger partial charge in [-0.25, -0.2) is 4.98 Å². The largest absolute Gasteiger partial charge is 0.378 e. The van der Waals surface area contributed by atoms with Gasteiger partial charge in [0.15, 0.2) is 0 Å². The molecule has 3 aromatic rings. The maximum atomic E-state index is 5.66. The molecule has 9 heteroatoms. The average molecular weight is 580 g/mol. The van der Waals surface area contributed by atoms with Crippen LogP contribution >= 0.6 is 28.5 Å². The summed E-state index contributed by atoms with van der Waals surface area (Å²) in [6, 6.07) is 10.9. The second-order valence-electron chi connectivity index (χ2n) is 7.43. The van der Waals surface area contributed by atoms with E-state index >= 15 is 0 Å². The molecular formula is C24H30IN4O3P. The van der Waals surface area contributed by atoms with Crippen LogP contribution in [0.15, 0.2) is 47.2 Å². The van der Waals surface area contributed by atoms with Gasteiger partial charge in [0.25, 0.3) is 0 Å². The molecule has 4 rings (SSSR count). The quantitative estimate of drug-likeness (QED) is 0.218. The van der Waals surface area contributed by atoms with E-state index in [-0.39, 0.29) is 12.1 Å². The number of nitrogens with one attached hydrogen (secondary N) is 1. The molecule has 3 atom stereocenters. The summed E-state index contributed by atoms with van der Waals surface area (Å²) >= 11 is 2.21. The van der Waals surface area contributed by atoms with Crippen LogP contribution in [0.3, 0.4) is 0 Å². The first-order valence-electron chi connectivity index (χ1n) is 11.1. The van der Waals surface area contributed by atoms with E-state index in [9.17, 15) is 0 Å². The van der Waals surface area contributed by atoms with Crippen LogP contribution in [0, 0.1) is 11.8 Å². The molecule has 0 saturated carbocycles. The number of hydrogen-bond donors (Lipinski definition) is 1. The van der Waals surface area contributed by atoms with Crippen LogP contribution in [-0.2, 0) is 15.8 Å². The van der Waals surface area contributed by atoms with E-state index in [1.54, 1.807) is 6.20 Å². The maximum absolute atomic E-state index is 5.66. The molecule has 0 aliphatic carbocycles. The minimum atomic E-state index is -0.0701. The molecule has 176 valence electrons. The summed E-state index contributed by atoms with van der Waals surface area (Å²) in [5, 5.41) is 7.69. The normalized spacial score (nSPS) is 15.3. The summed E-state index contributed by atoms with van der Waals surface area (Å²) in [5.41, 5.74) is 2.96. The Bertz CT molecular complexity index is 1050. The molecule has 0 spiro atoms. The number of benzene rings is 1. The Morgan fingerprint density at radius 3 is 2.67 bits per heavy atom. The van der Waals surface area contributed by atoms with Gasteiger partial charge in [0.1, 0.15) is 17.6 Å². The Morgan fingerprint density at radius 2 is 2.00 bits per heavy atom. The SMILES string of the molecule is CC.CC(NC1COC1)c1ccc(C#Cc2cc(Cn3ccnc3[C@H](C)OPI)no2)cc1. The third kappa shape index (κ3) is 7.36. The zero-order chi connectivity index (χ0) is 23.6. The third-order valence-electron chi connectivity index (χ3n) is 5.09. The fourth-order valence-electron chi connectivity index (χ4n) is 3.32. The van der Waals surface area contributed by atoms with Crippen molar-refractivity contribution in [3.63, 3.8) is 0 Å². The minimum Gasteiger partial charge on any atom is -0.378 e. The summed E-state index contributed by atoms with van der Waals surface area (Å²) in [5.74, 6) is 7.61. The van der Waals surface area contributed by atoms with Gasteiger partial charge in [-0.15, -0.1) is 0 Å². The highest BCUT2D eigenvalue weighted by molar-refractivity contribution is 14.2. The van der Waals surface area contributed by atoms with E-state index in [1.807, 2.05) is 49.7 Å². The molecular weight excluding hydrogens is 550 g/mol. The average Bonchev–Trinajstić information content (AvgIpc) is 3.46. The van der Waals surface area contributed by atoms with Crippen LogP contribution in [0.2, 0.25) is 0 Å². The molecule has 1 fully saturated rings. The molecule has 1 aliphatic rings. The van der Waals surface area contributed by atoms with E-state index in [0.29, 0.717) is 24.8 Å². The van der Waals surface area contributed by atoms with Gasteiger partial charge in [-0.05, 0) is 59.5 Å². The maximum Gasteiger partial charge on any atom is 0.210 e. The highest BCUT2D eigenvalue weighted by atomic mass is 127. The smallest absolute Gasteiger partial charge is 0.210 e. The molecule has 0 radical (unpaired) electrons. The number of halogens is 1. The van der Waals surface area contributed by atoms with E-state index in [0.717, 1.165) is 30.3 Å². The Morgan fingerprint density at radius 1 is 1.24 bits per heavy atom. The van der Waals surface area contributed by atoms with Crippen molar-refractivity contribution in [3.05, 3.63) is 71.1 Å². The van der Waals surface area contributed by atoms with Crippen molar-refractivity contribution in [2.45, 2.75) is 52.4 Å². The van der Waals surface area contributed by atoms with Crippen LogP contribution in [-0.4, -0.2) is 34.0 Å². The zero-order valence-electron chi connectivity index (χ0n) is 19.3. The molecule has 1 aliphatic heterocycles. The first-order chi connectivity index (χ1) is 16.1. The monoisotopic (exact) mass is 580 g/mol. The molecule has 0 amide bonds. The number of imidazole rings is 1. The van der Waals surface area contributed by atoms with Gasteiger partial charge in [0.2, 0.25) is 5.76 Å². The van der Waals surface area contributed by atoms with E-state index in [1.165, 1.54) is 5.56 Å². The van der Waals surface area contributed by atoms with Crippen molar-refractivity contribution in [1.82, 2.24) is 20.0 Å². The topological polar surface area (TPSA) is 74.3 Å². The Balaban J connectivity index is 0.00000149. The first kappa shape index (κ1) is 25.9. The number of hydrogen-bond acceptors (Lipinski definition) is 6. The van der Waals surface area contributed by atoms with Crippen molar-refractivity contribution in [3.8, 4) is 11.8 Å². The van der Waals surface area contributed by atoms with Crippen LogP contribution < -0.4 is 5.32 Å². The number of rotatable bonds is 8. The van der Waals surface area contributed by atoms with E-state index in [2.05, 4.69) is 68.4 Å². The van der Waals surface area contributed by atoms with Crippen LogP contribution in [0.1, 0.15) is 68.2 Å². The minimum absolute atomic E-state index is 0.0701. The Hall–Kier alpha value is -1.76. The molecule has 33 heavy (non-hydrogen) atoms. The second-order valence-corrected chi connectivity index (χ2v) is 9.14. The fourth-order valence-corrected chi connectivity index (χ4v) is 4.71. The van der Waals surface area contributed by atoms with Gasteiger partial charge in [-0.2, -0.15) is 0 Å². The van der Waals surface area contributed by atoms with Crippen molar-refractivity contribution >= 4 is 28.5 Å². The lowest BCUT2D eigenvalue weighted by atomic mass is 10.0. The predicted octanol–water partition coefficient (Wildman–Crippen LogP) is 5.42. The second kappa shape index (κ2) is 13.2. The standard InChI is InChI=1S/C22H24IN4O3P.C2H6/c1-15(25-20-13-28-14-20)18-6-3-17(4-7-18)5-8-21-11-19(26-29-21)12-27-10-9-24-22(27)16(2)30-31-23;1-2/h3-4,6-7,9-11,15-16,20,25,31H,12-14H2,1-2H3;1-2H3/t15?,16-;/m0./s1. The summed E-state index contributed by atoms with van der Waals surface area (Å²) in [4.78, 5) is 4.40. The van der Waals surface area contributed by atoms with Gasteiger partial charge in [-0.3, -0.25) is 0 Å². The molecule has 2 aromatic heterocycles. The number of aromatic nitrogens is 3. The lowest BCUT2D eigenvalue weighted by molar-refractivity contribution is -0.00925. The molecule has 3 heterocycles. The van der Waals surface area contributed by atoms with Gasteiger partial charge in [0.05, 0.1) is 32.3 Å². The first-order valence-corrected chi connectivity index (χ1v) is 15.1. The number of ether oxygens (including phenoxy) is 1. The van der Waals surface area contributed by atoms with Gasteiger partial charge >= 0.3 is 0 Å². The molecule has 0 bridgehead atoms. The lowest BCUT2D eigenvalue weighted by Crippen LogP contribution is -2.46. The van der Waals surface area contributed by atoms with Crippen molar-refractivity contribution in [2.24, 2.45) is 0 Å². The molecule has 1 N–H and O–H groups in total. The van der Waals surface area contributed by atoms with E-state index in [4.69, 9.17) is 13.8 Å². The molecule has 2 unspecified atom stereocenters. The van der Waals surface area contributed by atoms with Gasteiger partial charge in [0, 0.05) is 30.1 Å². The zero-order valence-corrected chi connectivity index (χ0v) is 22.5. The van der Waals surface area contributed by atoms with Crippen LogP contribution in [0.25, 0.3) is 0 Å². The summed E-state index contributed by atoms with van der Waals surface area (Å²) in [7, 11) is 0. The van der Waals surface area contributed by atoms with Crippen molar-refractivity contribution < 1.29 is 13.8 Å². The fraction of sp³-hybridized carbons (Fsp3) is 0.417. The third-order valence-corrected chi connectivity index (χ3v) is 6.29. The lowest BCUT2D eigenvalue weighted by Gasteiger charge is -2.30. The van der Waals surface area contributed by atoms with Crippen LogP contribution in [0.5, 0.6) is 0 Å². The summed E-state index contributed by atoms with van der Waals surface area (Å²) in [6.07, 6.45) is 3.62. The van der Waals surface area contributed by atoms with Gasteiger partial charge in [-0.1, -0.05) is 37.1 Å². The Kier molecular flexibility index (Phi) is 10.4. The van der Waals surface area contributed by atoms with E-state index < -0.39 is 0 Å². The van der Waals surface area contributed by atoms with Crippen LogP contribution in [0.4, 0.5) is 0 Å². The highest BCUT2D eigenvalue weighted by Gasteiger charge is 2.20. The summed E-state index contributed by atoms with van der Waals surface area (Å²) in [6.45, 7) is 10.7. The van der Waals surface area contributed by atoms with Crippen molar-refractivity contribution in [2.75, 3.05) is 13.2 Å². The predicted molar refractivity (Wildman–Crippen MR) is 140 cm³/mol. The van der Waals surface area contributed by atoms with Crippen molar-refractivity contribution in [1.29, 1.82) is 0 Å². The summed E-state index contributed by atoms with van der Waals surface area (Å²) < 4.78 is 18.3. The highest BCUT2D eigenvalue weighted by Crippen LogP contribution is 2.31. The Labute approximate surface area is 210 Å². The number of nitrogens with zero attached hydrogens (tertiary/aromatic N) is 3.